The maximum atomic E-state index is 12.7. The zero-order chi connectivity index (χ0) is 23.0. The average Bonchev–Trinajstić information content (AvgIpc) is 2.74. The SMILES string of the molecule is CCN(CC)S(=O)(=O)c1ccc(Cl)c(C(=O)OCC(=O)NCCc2ccc(Cl)cc2)c1. The molecular formula is C21H24Cl2N2O5S. The molecule has 0 atom stereocenters. The van der Waals surface area contributed by atoms with Gasteiger partial charge in [-0.15, -0.1) is 0 Å². The molecule has 0 aromatic heterocycles. The second kappa shape index (κ2) is 11.5. The second-order valence-corrected chi connectivity index (χ2v) is 9.32. The lowest BCUT2D eigenvalue weighted by Crippen LogP contribution is -2.31. The highest BCUT2D eigenvalue weighted by atomic mass is 35.5. The number of ether oxygens (including phenoxy) is 1. The lowest BCUT2D eigenvalue weighted by molar-refractivity contribution is -0.124. The van der Waals surface area contributed by atoms with E-state index in [0.29, 0.717) is 18.0 Å². The quantitative estimate of drug-likeness (QED) is 0.518. The van der Waals surface area contributed by atoms with E-state index in [1.54, 1.807) is 26.0 Å². The van der Waals surface area contributed by atoms with E-state index in [4.69, 9.17) is 27.9 Å². The first kappa shape index (κ1) is 25.1. The maximum absolute atomic E-state index is 12.7. The topological polar surface area (TPSA) is 92.8 Å². The van der Waals surface area contributed by atoms with Gasteiger partial charge in [-0.2, -0.15) is 4.31 Å². The summed E-state index contributed by atoms with van der Waals surface area (Å²) in [6.07, 6.45) is 0.591. The van der Waals surface area contributed by atoms with Gasteiger partial charge in [0.1, 0.15) is 0 Å². The summed E-state index contributed by atoms with van der Waals surface area (Å²) in [5.41, 5.74) is 0.878. The van der Waals surface area contributed by atoms with Crippen LogP contribution in [0.1, 0.15) is 29.8 Å². The van der Waals surface area contributed by atoms with Crippen molar-refractivity contribution < 1.29 is 22.7 Å². The number of nitrogens with one attached hydrogen (secondary N) is 1. The molecule has 0 radical (unpaired) electrons. The van der Waals surface area contributed by atoms with Crippen LogP contribution < -0.4 is 5.32 Å². The van der Waals surface area contributed by atoms with Crippen LogP contribution in [0.2, 0.25) is 10.0 Å². The number of rotatable bonds is 10. The third kappa shape index (κ3) is 6.93. The number of carbonyl (C=O) groups excluding carboxylic acids is 2. The normalized spacial score (nSPS) is 11.4. The number of nitrogens with zero attached hydrogens (tertiary/aromatic N) is 1. The molecule has 0 aliphatic heterocycles. The second-order valence-electron chi connectivity index (χ2n) is 6.53. The van der Waals surface area contributed by atoms with Crippen LogP contribution in [-0.4, -0.2) is 50.8 Å². The van der Waals surface area contributed by atoms with Gasteiger partial charge >= 0.3 is 5.97 Å². The van der Waals surface area contributed by atoms with E-state index < -0.39 is 28.5 Å². The molecule has 0 unspecified atom stereocenters. The van der Waals surface area contributed by atoms with Crippen LogP contribution in [0.25, 0.3) is 0 Å². The first-order valence-electron chi connectivity index (χ1n) is 9.67. The minimum absolute atomic E-state index is 0.0339. The van der Waals surface area contributed by atoms with E-state index in [9.17, 15) is 18.0 Å². The van der Waals surface area contributed by atoms with Crippen molar-refractivity contribution in [2.75, 3.05) is 26.2 Å². The van der Waals surface area contributed by atoms with Gasteiger partial charge in [0, 0.05) is 24.7 Å². The van der Waals surface area contributed by atoms with Crippen molar-refractivity contribution in [2.45, 2.75) is 25.2 Å². The fourth-order valence-electron chi connectivity index (χ4n) is 2.79. The van der Waals surface area contributed by atoms with E-state index in [1.165, 1.54) is 16.4 Å². The largest absolute Gasteiger partial charge is 0.452 e. The van der Waals surface area contributed by atoms with Gasteiger partial charge < -0.3 is 10.1 Å². The molecule has 10 heteroatoms. The molecule has 0 aliphatic rings. The number of sulfonamides is 1. The highest BCUT2D eigenvalue weighted by molar-refractivity contribution is 7.89. The van der Waals surface area contributed by atoms with Crippen LogP contribution in [0.3, 0.4) is 0 Å². The number of esters is 1. The molecule has 2 rings (SSSR count). The number of hydrogen-bond donors (Lipinski definition) is 1. The molecule has 7 nitrogen and oxygen atoms in total. The molecule has 2 aromatic rings. The number of hydrogen-bond acceptors (Lipinski definition) is 5. The fraction of sp³-hybridized carbons (Fsp3) is 0.333. The van der Waals surface area contributed by atoms with Gasteiger partial charge in [0.25, 0.3) is 5.91 Å². The molecule has 0 fully saturated rings. The number of amides is 1. The zero-order valence-electron chi connectivity index (χ0n) is 17.2. The van der Waals surface area contributed by atoms with E-state index in [0.717, 1.165) is 11.6 Å². The Kier molecular flexibility index (Phi) is 9.31. The average molecular weight is 487 g/mol. The molecule has 168 valence electrons. The number of benzene rings is 2. The molecule has 0 spiro atoms. The third-order valence-electron chi connectivity index (χ3n) is 4.48. The van der Waals surface area contributed by atoms with Crippen molar-refractivity contribution in [3.63, 3.8) is 0 Å². The minimum atomic E-state index is -3.77. The first-order valence-corrected chi connectivity index (χ1v) is 11.9. The predicted molar refractivity (Wildman–Crippen MR) is 120 cm³/mol. The number of halogens is 2. The molecule has 0 bridgehead atoms. The van der Waals surface area contributed by atoms with Gasteiger partial charge in [-0.1, -0.05) is 49.2 Å². The predicted octanol–water partition coefficient (Wildman–Crippen LogP) is 3.54. The third-order valence-corrected chi connectivity index (χ3v) is 7.11. The van der Waals surface area contributed by atoms with Crippen LogP contribution in [0.5, 0.6) is 0 Å². The van der Waals surface area contributed by atoms with Crippen LogP contribution in [0, 0.1) is 0 Å². The molecule has 1 N–H and O–H groups in total. The monoisotopic (exact) mass is 486 g/mol. The Balaban J connectivity index is 1.95. The van der Waals surface area contributed by atoms with Gasteiger partial charge in [-0.25, -0.2) is 13.2 Å². The highest BCUT2D eigenvalue weighted by Crippen LogP contribution is 2.23. The Hall–Kier alpha value is -2.13. The summed E-state index contributed by atoms with van der Waals surface area (Å²) in [6, 6.07) is 11.1. The summed E-state index contributed by atoms with van der Waals surface area (Å²) in [5, 5.41) is 3.31. The van der Waals surface area contributed by atoms with Gasteiger partial charge in [0.15, 0.2) is 6.61 Å². The fourth-order valence-corrected chi connectivity index (χ4v) is 4.60. The molecule has 1 amide bonds. The van der Waals surface area contributed by atoms with E-state index in [2.05, 4.69) is 5.32 Å². The van der Waals surface area contributed by atoms with Crippen molar-refractivity contribution in [3.05, 3.63) is 63.6 Å². The van der Waals surface area contributed by atoms with Gasteiger partial charge in [0.05, 0.1) is 15.5 Å². The lowest BCUT2D eigenvalue weighted by Gasteiger charge is -2.19. The Labute approximate surface area is 192 Å². The first-order chi connectivity index (χ1) is 14.7. The summed E-state index contributed by atoms with van der Waals surface area (Å²) in [4.78, 5) is 24.3. The van der Waals surface area contributed by atoms with E-state index >= 15 is 0 Å². The summed E-state index contributed by atoms with van der Waals surface area (Å²) in [5.74, 6) is -1.36. The lowest BCUT2D eigenvalue weighted by atomic mass is 10.1. The Morgan fingerprint density at radius 1 is 1.03 bits per heavy atom. The summed E-state index contributed by atoms with van der Waals surface area (Å²) < 4.78 is 31.6. The van der Waals surface area contributed by atoms with Crippen LogP contribution in [-0.2, 0) is 26.0 Å². The van der Waals surface area contributed by atoms with Gasteiger partial charge in [-0.3, -0.25) is 4.79 Å². The molecule has 0 saturated carbocycles. The zero-order valence-corrected chi connectivity index (χ0v) is 19.6. The summed E-state index contributed by atoms with van der Waals surface area (Å²) in [6.45, 7) is 3.86. The van der Waals surface area contributed by atoms with Gasteiger partial charge in [-0.05, 0) is 42.3 Å². The minimum Gasteiger partial charge on any atom is -0.452 e. The van der Waals surface area contributed by atoms with Crippen molar-refractivity contribution >= 4 is 45.1 Å². The van der Waals surface area contributed by atoms with Crippen molar-refractivity contribution in [1.29, 1.82) is 0 Å². The molecule has 0 saturated heterocycles. The maximum Gasteiger partial charge on any atom is 0.340 e. The van der Waals surface area contributed by atoms with Crippen molar-refractivity contribution in [1.82, 2.24) is 9.62 Å². The molecular weight excluding hydrogens is 463 g/mol. The highest BCUT2D eigenvalue weighted by Gasteiger charge is 2.24. The van der Waals surface area contributed by atoms with Gasteiger partial charge in [0.2, 0.25) is 10.0 Å². The Morgan fingerprint density at radius 2 is 1.68 bits per heavy atom. The smallest absolute Gasteiger partial charge is 0.340 e. The number of carbonyl (C=O) groups is 2. The molecule has 0 heterocycles. The molecule has 2 aromatic carbocycles. The van der Waals surface area contributed by atoms with Crippen LogP contribution in [0.4, 0.5) is 0 Å². The van der Waals surface area contributed by atoms with Crippen molar-refractivity contribution in [3.8, 4) is 0 Å². The van der Waals surface area contributed by atoms with Crippen LogP contribution >= 0.6 is 23.2 Å². The summed E-state index contributed by atoms with van der Waals surface area (Å²) in [7, 11) is -3.77. The van der Waals surface area contributed by atoms with Crippen LogP contribution in [0.15, 0.2) is 47.4 Å². The Morgan fingerprint density at radius 3 is 2.29 bits per heavy atom. The van der Waals surface area contributed by atoms with E-state index in [-0.39, 0.29) is 28.6 Å². The Bertz CT molecular complexity index is 1020. The molecule has 0 aliphatic carbocycles. The van der Waals surface area contributed by atoms with Crippen molar-refractivity contribution in [2.24, 2.45) is 0 Å². The molecule has 31 heavy (non-hydrogen) atoms. The standard InChI is InChI=1S/C21H24Cl2N2O5S/c1-3-25(4-2)31(28,29)17-9-10-19(23)18(13-17)21(27)30-14-20(26)24-12-11-15-5-7-16(22)8-6-15/h5-10,13H,3-4,11-12,14H2,1-2H3,(H,24,26). The summed E-state index contributed by atoms with van der Waals surface area (Å²) >= 11 is 11.9. The van der Waals surface area contributed by atoms with E-state index in [1.807, 2.05) is 12.1 Å².